The molecule has 0 aliphatic carbocycles. The van der Waals surface area contributed by atoms with Crippen LogP contribution in [-0.2, 0) is 46.3 Å². The second-order valence-corrected chi connectivity index (χ2v) is 17.0. The number of unbranched alkanes of at least 4 members (excludes halogenated alkanes) is 8. The number of ether oxygens (including phenoxy) is 2. The third kappa shape index (κ3) is 42.3. The van der Waals surface area contributed by atoms with Gasteiger partial charge in [0.1, 0.15) is 31.5 Å². The molecule has 0 fully saturated rings. The van der Waals surface area contributed by atoms with Gasteiger partial charge in [-0.25, -0.2) is 9.13 Å². The molecule has 0 rings (SSSR count). The molecule has 0 aliphatic rings. The molecule has 0 bridgehead atoms. The minimum atomic E-state index is -4.80. The van der Waals surface area contributed by atoms with E-state index in [0.29, 0.717) is 19.3 Å². The zero-order valence-electron chi connectivity index (χ0n) is 36.7. The van der Waals surface area contributed by atoms with Gasteiger partial charge in [-0.15, -0.1) is 0 Å². The Morgan fingerprint density at radius 1 is 0.452 bits per heavy atom. The monoisotopic (exact) mass is 916 g/mol. The maximum atomic E-state index is 12.1. The summed E-state index contributed by atoms with van der Waals surface area (Å²) in [6, 6.07) is 0. The van der Waals surface area contributed by atoms with Crippen LogP contribution in [0.2, 0.25) is 0 Å². The van der Waals surface area contributed by atoms with Crippen LogP contribution in [0.1, 0.15) is 117 Å². The highest BCUT2D eigenvalue weighted by Gasteiger charge is 2.28. The third-order valence-corrected chi connectivity index (χ3v) is 10.1. The summed E-state index contributed by atoms with van der Waals surface area (Å²) in [5.74, 6) is -1.10. The Bertz CT molecular complexity index is 1480. The van der Waals surface area contributed by atoms with Gasteiger partial charge in [0.2, 0.25) is 0 Å². The topological polar surface area (TPSA) is 225 Å². The summed E-state index contributed by atoms with van der Waals surface area (Å²) in [6.07, 6.45) is 41.3. The van der Waals surface area contributed by atoms with Gasteiger partial charge in [0, 0.05) is 12.8 Å². The van der Waals surface area contributed by atoms with Crippen LogP contribution in [0.5, 0.6) is 0 Å². The zero-order valence-corrected chi connectivity index (χ0v) is 38.5. The number of esters is 2. The van der Waals surface area contributed by atoms with Crippen LogP contribution in [0.3, 0.4) is 0 Å². The number of carbonyl (C=O) groups excluding carboxylic acids is 2. The highest BCUT2D eigenvalue weighted by atomic mass is 31.2. The lowest BCUT2D eigenvalue weighted by atomic mass is 10.1. The van der Waals surface area contributed by atoms with Gasteiger partial charge in [-0.1, -0.05) is 137 Å². The molecule has 0 aromatic carbocycles. The average molecular weight is 917 g/mol. The van der Waals surface area contributed by atoms with E-state index in [1.54, 1.807) is 0 Å². The van der Waals surface area contributed by atoms with E-state index in [-0.39, 0.29) is 12.8 Å². The molecule has 0 spiro atoms. The van der Waals surface area contributed by atoms with Gasteiger partial charge in [-0.2, -0.15) is 0 Å². The summed E-state index contributed by atoms with van der Waals surface area (Å²) < 4.78 is 52.7. The first-order valence-electron chi connectivity index (χ1n) is 21.7. The Labute approximate surface area is 369 Å². The van der Waals surface area contributed by atoms with Gasteiger partial charge in [0.05, 0.1) is 26.4 Å². The van der Waals surface area contributed by atoms with Crippen LogP contribution in [0.25, 0.3) is 0 Å². The van der Waals surface area contributed by atoms with E-state index in [9.17, 15) is 43.8 Å². The summed E-state index contributed by atoms with van der Waals surface area (Å²) in [7, 11) is -9.60. The summed E-state index contributed by atoms with van der Waals surface area (Å²) in [4.78, 5) is 43.6. The Morgan fingerprint density at radius 3 is 1.29 bits per heavy atom. The number of rotatable bonds is 40. The summed E-state index contributed by atoms with van der Waals surface area (Å²) in [5.41, 5.74) is 0. The van der Waals surface area contributed by atoms with Crippen molar-refractivity contribution in [3.05, 3.63) is 97.2 Å². The van der Waals surface area contributed by atoms with Crippen molar-refractivity contribution in [3.8, 4) is 0 Å². The lowest BCUT2D eigenvalue weighted by Gasteiger charge is -2.19. The Kier molecular flexibility index (Phi) is 38.7. The van der Waals surface area contributed by atoms with Gasteiger partial charge in [0.15, 0.2) is 0 Å². The summed E-state index contributed by atoms with van der Waals surface area (Å²) >= 11 is 0. The van der Waals surface area contributed by atoms with Crippen molar-refractivity contribution >= 4 is 27.6 Å². The lowest BCUT2D eigenvalue weighted by Crippen LogP contribution is -2.25. The van der Waals surface area contributed by atoms with Crippen molar-refractivity contribution in [3.63, 3.8) is 0 Å². The number of phosphoric acid groups is 2. The molecule has 0 saturated heterocycles. The predicted octanol–water partition coefficient (Wildman–Crippen LogP) is 9.15. The molecule has 354 valence electrons. The van der Waals surface area contributed by atoms with Crippen LogP contribution < -0.4 is 0 Å². The maximum absolute atomic E-state index is 12.1. The van der Waals surface area contributed by atoms with Crippen LogP contribution in [0, 0.1) is 0 Å². The van der Waals surface area contributed by atoms with Crippen LogP contribution in [0.4, 0.5) is 0 Å². The summed E-state index contributed by atoms with van der Waals surface area (Å²) in [5, 5.41) is 29.9. The molecule has 0 aromatic heterocycles. The molecule has 0 amide bonds. The molecule has 0 heterocycles. The fourth-order valence-corrected chi connectivity index (χ4v) is 6.37. The number of aliphatic hydroxyl groups excluding tert-OH is 3. The molecular weight excluding hydrogens is 842 g/mol. The van der Waals surface area contributed by atoms with Gasteiger partial charge < -0.3 is 34.6 Å². The number of carbonyl (C=O) groups is 2. The van der Waals surface area contributed by atoms with E-state index in [1.807, 2.05) is 54.7 Å². The molecule has 17 heteroatoms. The minimum absolute atomic E-state index is 0.0946. The van der Waals surface area contributed by atoms with Crippen LogP contribution >= 0.6 is 15.6 Å². The van der Waals surface area contributed by atoms with E-state index in [4.69, 9.17) is 9.47 Å². The average Bonchev–Trinajstić information content (AvgIpc) is 3.24. The van der Waals surface area contributed by atoms with Crippen molar-refractivity contribution < 1.29 is 71.4 Å². The first-order chi connectivity index (χ1) is 29.8. The van der Waals surface area contributed by atoms with Crippen molar-refractivity contribution in [2.45, 2.75) is 135 Å². The second kappa shape index (κ2) is 40.7. The van der Waals surface area contributed by atoms with Crippen molar-refractivity contribution in [1.29, 1.82) is 0 Å². The first-order valence-corrected chi connectivity index (χ1v) is 24.6. The molecule has 62 heavy (non-hydrogen) atoms. The van der Waals surface area contributed by atoms with E-state index in [1.165, 1.54) is 19.3 Å². The zero-order chi connectivity index (χ0) is 46.0. The normalized spacial score (nSPS) is 16.2. The van der Waals surface area contributed by atoms with E-state index >= 15 is 0 Å². The molecule has 5 unspecified atom stereocenters. The Morgan fingerprint density at radius 2 is 0.823 bits per heavy atom. The number of phosphoric ester groups is 2. The molecule has 5 atom stereocenters. The lowest BCUT2D eigenvalue weighted by molar-refractivity contribution is -0.148. The van der Waals surface area contributed by atoms with Crippen LogP contribution in [0.15, 0.2) is 97.2 Å². The van der Waals surface area contributed by atoms with Crippen molar-refractivity contribution in [2.24, 2.45) is 0 Å². The predicted molar refractivity (Wildman–Crippen MR) is 242 cm³/mol. The number of allylic oxidation sites excluding steroid dienone is 16. The van der Waals surface area contributed by atoms with Gasteiger partial charge in [-0.3, -0.25) is 27.7 Å². The van der Waals surface area contributed by atoms with Crippen molar-refractivity contribution in [2.75, 3.05) is 39.6 Å². The standard InChI is InChI=1S/C45H74O15P2/c1-3-5-7-9-11-13-15-17-18-19-20-22-24-26-28-30-32-34-45(50)56-36-42(47)38-58-62(53,54)60-40-43(48)39-59-61(51,52)57-37-41(46)35-55-44(49)33-31-29-27-25-23-21-16-14-12-10-8-6-4-2/h6,8,10-14,16-18,20-23,25,27,41-43,46-48H,3-5,7,9,15,19,24,26,28-40H2,1-2H3,(H,51,52)(H,53,54)/b8-6+,12-10+,13-11-,16-14-,18-17-,22-20-,23-21-,27-25+. The SMILES string of the molecule is CC/C=C/C=C/C=C\C=C/C=C/CCCC(=O)OCC(O)COP(=O)(O)OCC(O)COP(=O)(O)OCC(O)COC(=O)CCCCCC/C=C\C/C=C\C/C=C\CCCCC. The smallest absolute Gasteiger partial charge is 0.463 e. The number of aliphatic hydroxyl groups is 3. The Balaban J connectivity index is 4.03. The second-order valence-electron chi connectivity index (χ2n) is 14.1. The molecule has 15 nitrogen and oxygen atoms in total. The van der Waals surface area contributed by atoms with Crippen LogP contribution in [-0.4, -0.2) is 95.0 Å². The third-order valence-electron chi connectivity index (χ3n) is 8.15. The molecule has 0 saturated carbocycles. The molecule has 5 N–H and O–H groups in total. The van der Waals surface area contributed by atoms with Gasteiger partial charge in [0.25, 0.3) is 0 Å². The maximum Gasteiger partial charge on any atom is 0.472 e. The van der Waals surface area contributed by atoms with E-state index in [0.717, 1.165) is 51.4 Å². The van der Waals surface area contributed by atoms with Crippen molar-refractivity contribution in [1.82, 2.24) is 0 Å². The fourth-order valence-electron chi connectivity index (χ4n) is 4.78. The largest absolute Gasteiger partial charge is 0.472 e. The molecule has 0 aliphatic heterocycles. The summed E-state index contributed by atoms with van der Waals surface area (Å²) in [6.45, 7) is 0.0790. The van der Waals surface area contributed by atoms with E-state index < -0.39 is 85.5 Å². The van der Waals surface area contributed by atoms with Gasteiger partial charge >= 0.3 is 27.6 Å². The van der Waals surface area contributed by atoms with Gasteiger partial charge in [-0.05, 0) is 64.2 Å². The molecule has 0 radical (unpaired) electrons. The quantitative estimate of drug-likeness (QED) is 0.0127. The highest BCUT2D eigenvalue weighted by molar-refractivity contribution is 7.47. The molecule has 0 aromatic rings. The minimum Gasteiger partial charge on any atom is -0.463 e. The number of hydrogen-bond donors (Lipinski definition) is 5. The highest BCUT2D eigenvalue weighted by Crippen LogP contribution is 2.45. The Hall–Kier alpha value is -3.04. The number of hydrogen-bond acceptors (Lipinski definition) is 13. The first kappa shape index (κ1) is 59.0. The fraction of sp³-hybridized carbons (Fsp3) is 0.600. The molecular formula is C45H74O15P2. The van der Waals surface area contributed by atoms with E-state index in [2.05, 4.69) is 74.5 Å².